The second kappa shape index (κ2) is 8.02. The molecule has 0 unspecified atom stereocenters. The quantitative estimate of drug-likeness (QED) is 0.824. The number of nitrogens with zero attached hydrogens (tertiary/aromatic N) is 2. The normalized spacial score (nSPS) is 9.12. The Morgan fingerprint density at radius 2 is 1.67 bits per heavy atom. The van der Waals surface area contributed by atoms with Gasteiger partial charge >= 0.3 is 0 Å². The van der Waals surface area contributed by atoms with Crippen molar-refractivity contribution in [3.63, 3.8) is 0 Å². The van der Waals surface area contributed by atoms with Crippen molar-refractivity contribution in [3.8, 4) is 17.9 Å². The van der Waals surface area contributed by atoms with E-state index in [2.05, 4.69) is 10.6 Å². The maximum Gasteiger partial charge on any atom is 0.257 e. The van der Waals surface area contributed by atoms with Crippen molar-refractivity contribution in [2.45, 2.75) is 0 Å². The third-order valence-corrected chi connectivity index (χ3v) is 3.14. The van der Waals surface area contributed by atoms with Crippen molar-refractivity contribution >= 4 is 17.3 Å². The molecule has 0 fully saturated rings. The predicted molar refractivity (Wildman–Crippen MR) is 90.3 cm³/mol. The monoisotopic (exact) mass is 318 g/mol. The molecule has 0 atom stereocenters. The van der Waals surface area contributed by atoms with Crippen molar-refractivity contribution in [2.24, 2.45) is 0 Å². The number of methoxy groups -OCH3 is 1. The molecule has 6 nitrogen and oxygen atoms in total. The van der Waals surface area contributed by atoms with Gasteiger partial charge in [-0.2, -0.15) is 10.5 Å². The van der Waals surface area contributed by atoms with Crippen molar-refractivity contribution < 1.29 is 9.53 Å². The Bertz CT molecular complexity index is 844. The Balaban J connectivity index is 2.26. The first-order valence-corrected chi connectivity index (χ1v) is 7.00. The van der Waals surface area contributed by atoms with Crippen LogP contribution in [-0.4, -0.2) is 13.0 Å². The number of hydrogen-bond donors (Lipinski definition) is 2. The molecule has 0 spiro atoms. The second-order valence-electron chi connectivity index (χ2n) is 4.63. The molecule has 0 aromatic heterocycles. The SMILES string of the molecule is COc1ccccc1NC(=O)c1ccccc1NC=C(C#N)C#N. The molecule has 0 radical (unpaired) electrons. The summed E-state index contributed by atoms with van der Waals surface area (Å²) in [5.41, 5.74) is 1.31. The van der Waals surface area contributed by atoms with Gasteiger partial charge in [0.25, 0.3) is 5.91 Å². The number of nitriles is 2. The predicted octanol–water partition coefficient (Wildman–Crippen LogP) is 3.29. The number of para-hydroxylation sites is 3. The first-order chi connectivity index (χ1) is 11.7. The van der Waals surface area contributed by atoms with Crippen LogP contribution in [0.3, 0.4) is 0 Å². The molecule has 1 amide bonds. The van der Waals surface area contributed by atoms with Gasteiger partial charge in [-0.25, -0.2) is 0 Å². The highest BCUT2D eigenvalue weighted by molar-refractivity contribution is 6.08. The number of anilines is 2. The number of carbonyl (C=O) groups is 1. The highest BCUT2D eigenvalue weighted by Crippen LogP contribution is 2.25. The van der Waals surface area contributed by atoms with E-state index in [1.54, 1.807) is 60.7 Å². The lowest BCUT2D eigenvalue weighted by Gasteiger charge is -2.12. The van der Waals surface area contributed by atoms with Gasteiger partial charge in [0, 0.05) is 6.20 Å². The van der Waals surface area contributed by atoms with Crippen LogP contribution in [0.5, 0.6) is 5.75 Å². The van der Waals surface area contributed by atoms with Crippen LogP contribution in [0.1, 0.15) is 10.4 Å². The number of amides is 1. The Morgan fingerprint density at radius 1 is 1.04 bits per heavy atom. The Labute approximate surface area is 139 Å². The third-order valence-electron chi connectivity index (χ3n) is 3.14. The summed E-state index contributed by atoms with van der Waals surface area (Å²) in [6.45, 7) is 0. The first kappa shape index (κ1) is 16.6. The summed E-state index contributed by atoms with van der Waals surface area (Å²) >= 11 is 0. The highest BCUT2D eigenvalue weighted by Gasteiger charge is 2.12. The number of carbonyl (C=O) groups excluding carboxylic acids is 1. The Hall–Kier alpha value is -3.77. The maximum absolute atomic E-state index is 12.5. The molecule has 0 saturated heterocycles. The molecular weight excluding hydrogens is 304 g/mol. The molecule has 0 bridgehead atoms. The van der Waals surface area contributed by atoms with Gasteiger partial charge < -0.3 is 15.4 Å². The van der Waals surface area contributed by atoms with Crippen LogP contribution in [-0.2, 0) is 0 Å². The van der Waals surface area contributed by atoms with E-state index in [0.717, 1.165) is 0 Å². The van der Waals surface area contributed by atoms with Gasteiger partial charge in [0.1, 0.15) is 23.5 Å². The van der Waals surface area contributed by atoms with E-state index in [0.29, 0.717) is 22.7 Å². The minimum atomic E-state index is -0.341. The number of benzene rings is 2. The molecule has 2 aromatic carbocycles. The standard InChI is InChI=1S/C18H14N4O2/c1-24-17-9-5-4-8-16(17)22-18(23)14-6-2-3-7-15(14)21-12-13(10-19)11-20/h2-9,12,21H,1H3,(H,22,23). The van der Waals surface area contributed by atoms with Crippen molar-refractivity contribution in [3.05, 3.63) is 65.9 Å². The van der Waals surface area contributed by atoms with E-state index in [-0.39, 0.29) is 11.5 Å². The third kappa shape index (κ3) is 3.90. The smallest absolute Gasteiger partial charge is 0.257 e. The van der Waals surface area contributed by atoms with E-state index >= 15 is 0 Å². The minimum absolute atomic E-state index is 0.0880. The molecule has 2 rings (SSSR count). The minimum Gasteiger partial charge on any atom is -0.495 e. The molecule has 0 heterocycles. The number of allylic oxidation sites excluding steroid dienone is 1. The lowest BCUT2D eigenvalue weighted by Crippen LogP contribution is -2.14. The van der Waals surface area contributed by atoms with Crippen LogP contribution in [0.2, 0.25) is 0 Å². The summed E-state index contributed by atoms with van der Waals surface area (Å²) in [5, 5.41) is 23.1. The number of rotatable bonds is 5. The summed E-state index contributed by atoms with van der Waals surface area (Å²) in [5.74, 6) is 0.207. The van der Waals surface area contributed by atoms with E-state index in [1.165, 1.54) is 13.3 Å². The fourth-order valence-electron chi connectivity index (χ4n) is 1.98. The Kier molecular flexibility index (Phi) is 5.55. The Morgan fingerprint density at radius 3 is 2.33 bits per heavy atom. The largest absolute Gasteiger partial charge is 0.495 e. The lowest BCUT2D eigenvalue weighted by molar-refractivity contribution is 0.102. The molecule has 0 saturated carbocycles. The zero-order valence-corrected chi connectivity index (χ0v) is 12.9. The fourth-order valence-corrected chi connectivity index (χ4v) is 1.98. The van der Waals surface area contributed by atoms with Crippen molar-refractivity contribution in [1.29, 1.82) is 10.5 Å². The van der Waals surface area contributed by atoms with E-state index < -0.39 is 0 Å². The second-order valence-corrected chi connectivity index (χ2v) is 4.63. The molecule has 24 heavy (non-hydrogen) atoms. The van der Waals surface area contributed by atoms with Crippen LogP contribution < -0.4 is 15.4 Å². The summed E-state index contributed by atoms with van der Waals surface area (Å²) < 4.78 is 5.21. The summed E-state index contributed by atoms with van der Waals surface area (Å²) in [6.07, 6.45) is 1.26. The van der Waals surface area contributed by atoms with E-state index in [4.69, 9.17) is 15.3 Å². The highest BCUT2D eigenvalue weighted by atomic mass is 16.5. The fraction of sp³-hybridized carbons (Fsp3) is 0.0556. The summed E-state index contributed by atoms with van der Waals surface area (Å²) in [4.78, 5) is 12.5. The molecule has 2 aromatic rings. The molecule has 0 aliphatic heterocycles. The molecule has 2 N–H and O–H groups in total. The van der Waals surface area contributed by atoms with Gasteiger partial charge in [0.2, 0.25) is 0 Å². The average Bonchev–Trinajstić information content (AvgIpc) is 2.63. The molecular formula is C18H14N4O2. The van der Waals surface area contributed by atoms with Crippen LogP contribution in [0, 0.1) is 22.7 Å². The van der Waals surface area contributed by atoms with Gasteiger partial charge in [0.05, 0.1) is 24.0 Å². The molecule has 6 heteroatoms. The van der Waals surface area contributed by atoms with Crippen LogP contribution in [0.15, 0.2) is 60.3 Å². The molecule has 0 aliphatic rings. The maximum atomic E-state index is 12.5. The van der Waals surface area contributed by atoms with Gasteiger partial charge in [0.15, 0.2) is 0 Å². The van der Waals surface area contributed by atoms with Gasteiger partial charge in [-0.05, 0) is 24.3 Å². The average molecular weight is 318 g/mol. The van der Waals surface area contributed by atoms with Crippen LogP contribution >= 0.6 is 0 Å². The summed E-state index contributed by atoms with van der Waals surface area (Å²) in [7, 11) is 1.52. The van der Waals surface area contributed by atoms with Gasteiger partial charge in [-0.3, -0.25) is 4.79 Å². The first-order valence-electron chi connectivity index (χ1n) is 7.00. The summed E-state index contributed by atoms with van der Waals surface area (Å²) in [6, 6.07) is 17.4. The zero-order valence-electron chi connectivity index (χ0n) is 12.9. The zero-order chi connectivity index (χ0) is 17.4. The number of ether oxygens (including phenoxy) is 1. The van der Waals surface area contributed by atoms with Gasteiger partial charge in [-0.15, -0.1) is 0 Å². The molecule has 0 aliphatic carbocycles. The van der Waals surface area contributed by atoms with E-state index in [1.807, 2.05) is 0 Å². The number of nitrogens with one attached hydrogen (secondary N) is 2. The van der Waals surface area contributed by atoms with Crippen LogP contribution in [0.25, 0.3) is 0 Å². The van der Waals surface area contributed by atoms with E-state index in [9.17, 15) is 4.79 Å². The van der Waals surface area contributed by atoms with Crippen LogP contribution in [0.4, 0.5) is 11.4 Å². The van der Waals surface area contributed by atoms with Gasteiger partial charge in [-0.1, -0.05) is 24.3 Å². The topological polar surface area (TPSA) is 97.9 Å². The van der Waals surface area contributed by atoms with Crippen molar-refractivity contribution in [2.75, 3.05) is 17.7 Å². The lowest BCUT2D eigenvalue weighted by atomic mass is 10.1. The number of hydrogen-bond acceptors (Lipinski definition) is 5. The van der Waals surface area contributed by atoms with Crippen molar-refractivity contribution in [1.82, 2.24) is 0 Å². The molecule has 118 valence electrons.